The number of unbranched alkanes of at least 4 members (excludes halogenated alkanes) is 5. The van der Waals surface area contributed by atoms with E-state index in [9.17, 15) is 0 Å². The summed E-state index contributed by atoms with van der Waals surface area (Å²) in [4.78, 5) is 0. The van der Waals surface area contributed by atoms with Crippen LogP contribution in [-0.4, -0.2) is 34.1 Å². The van der Waals surface area contributed by atoms with Crippen molar-refractivity contribution in [3.05, 3.63) is 0 Å². The van der Waals surface area contributed by atoms with Crippen LogP contribution in [0.25, 0.3) is 0 Å². The van der Waals surface area contributed by atoms with Crippen LogP contribution in [0.2, 0.25) is 0 Å². The SMILES string of the molecule is CCCCCCCCO.OB(O)O.[Cu]. The third-order valence-corrected chi connectivity index (χ3v) is 1.51. The van der Waals surface area contributed by atoms with E-state index in [1.54, 1.807) is 0 Å². The summed E-state index contributed by atoms with van der Waals surface area (Å²) in [7, 11) is -2.17. The normalized spacial score (nSPS) is 8.36. The van der Waals surface area contributed by atoms with E-state index < -0.39 is 7.32 Å². The second-order valence-electron chi connectivity index (χ2n) is 2.84. The van der Waals surface area contributed by atoms with Gasteiger partial charge in [-0.3, -0.25) is 0 Å². The second-order valence-corrected chi connectivity index (χ2v) is 2.84. The van der Waals surface area contributed by atoms with E-state index in [-0.39, 0.29) is 17.1 Å². The molecular formula is C8H21BCuO4. The van der Waals surface area contributed by atoms with Crippen molar-refractivity contribution in [3.8, 4) is 0 Å². The summed E-state index contributed by atoms with van der Waals surface area (Å²) in [5, 5.41) is 29.9. The molecule has 14 heavy (non-hydrogen) atoms. The molecule has 0 heterocycles. The summed E-state index contributed by atoms with van der Waals surface area (Å²) in [6.07, 6.45) is 7.50. The zero-order valence-electron chi connectivity index (χ0n) is 8.62. The Balaban J connectivity index is -0.000000209. The van der Waals surface area contributed by atoms with Gasteiger partial charge in [-0.1, -0.05) is 39.0 Å². The first-order chi connectivity index (χ1) is 6.15. The maximum Gasteiger partial charge on any atom is 0.631 e. The fourth-order valence-corrected chi connectivity index (χ4v) is 0.892. The van der Waals surface area contributed by atoms with Gasteiger partial charge in [0.2, 0.25) is 0 Å². The maximum absolute atomic E-state index is 8.42. The molecule has 6 heteroatoms. The van der Waals surface area contributed by atoms with Crippen LogP contribution in [0, 0.1) is 0 Å². The molecule has 0 saturated carbocycles. The van der Waals surface area contributed by atoms with Crippen molar-refractivity contribution in [3.63, 3.8) is 0 Å². The molecule has 0 aliphatic carbocycles. The van der Waals surface area contributed by atoms with Crippen molar-refractivity contribution >= 4 is 7.32 Å². The van der Waals surface area contributed by atoms with Crippen LogP contribution >= 0.6 is 0 Å². The molecule has 91 valence electrons. The van der Waals surface area contributed by atoms with E-state index >= 15 is 0 Å². The zero-order valence-corrected chi connectivity index (χ0v) is 9.56. The molecule has 0 rings (SSSR count). The van der Waals surface area contributed by atoms with Gasteiger partial charge >= 0.3 is 7.32 Å². The molecule has 0 saturated heterocycles. The van der Waals surface area contributed by atoms with Crippen molar-refractivity contribution in [1.82, 2.24) is 0 Å². The fourth-order valence-electron chi connectivity index (χ4n) is 0.892. The first-order valence-corrected chi connectivity index (χ1v) is 4.80. The van der Waals surface area contributed by atoms with Gasteiger partial charge in [0, 0.05) is 23.7 Å². The van der Waals surface area contributed by atoms with Crippen LogP contribution in [0.3, 0.4) is 0 Å². The number of aliphatic hydroxyl groups is 1. The molecule has 0 bridgehead atoms. The Hall–Kier alpha value is 0.424. The van der Waals surface area contributed by atoms with Gasteiger partial charge in [0.25, 0.3) is 0 Å². The standard InChI is InChI=1S/C8H18O.BH3O3.Cu/c1-2-3-4-5-6-7-8-9;2-1(3)4;/h9H,2-8H2,1H3;2-4H;. The Morgan fingerprint density at radius 1 is 0.857 bits per heavy atom. The fraction of sp³-hybridized carbons (Fsp3) is 1.00. The molecule has 1 radical (unpaired) electrons. The van der Waals surface area contributed by atoms with Gasteiger partial charge in [0.15, 0.2) is 0 Å². The summed E-state index contributed by atoms with van der Waals surface area (Å²) < 4.78 is 0. The molecule has 4 nitrogen and oxygen atoms in total. The maximum atomic E-state index is 8.42. The van der Waals surface area contributed by atoms with Gasteiger partial charge in [-0.2, -0.15) is 0 Å². The molecule has 4 N–H and O–H groups in total. The summed E-state index contributed by atoms with van der Waals surface area (Å²) in [6, 6.07) is 0. The Labute approximate surface area is 97.0 Å². The minimum atomic E-state index is -2.17. The van der Waals surface area contributed by atoms with Gasteiger partial charge in [-0.05, 0) is 6.42 Å². The topological polar surface area (TPSA) is 80.9 Å². The van der Waals surface area contributed by atoms with Crippen molar-refractivity contribution in [1.29, 1.82) is 0 Å². The van der Waals surface area contributed by atoms with E-state index in [1.165, 1.54) is 32.1 Å². The van der Waals surface area contributed by atoms with Gasteiger partial charge in [-0.15, -0.1) is 0 Å². The smallest absolute Gasteiger partial charge is 0.402 e. The Kier molecular flexibility index (Phi) is 27.1. The molecule has 0 spiro atoms. The minimum absolute atomic E-state index is 0. The van der Waals surface area contributed by atoms with E-state index in [0.29, 0.717) is 6.61 Å². The van der Waals surface area contributed by atoms with Crippen LogP contribution < -0.4 is 0 Å². The van der Waals surface area contributed by atoms with Gasteiger partial charge in [-0.25, -0.2) is 0 Å². The summed E-state index contributed by atoms with van der Waals surface area (Å²) in [6.45, 7) is 2.58. The molecule has 0 unspecified atom stereocenters. The molecule has 0 fully saturated rings. The number of hydrogen-bond donors (Lipinski definition) is 4. The first-order valence-electron chi connectivity index (χ1n) is 4.80. The Bertz CT molecular complexity index is 77.0. The largest absolute Gasteiger partial charge is 0.631 e. The van der Waals surface area contributed by atoms with Crippen molar-refractivity contribution in [2.24, 2.45) is 0 Å². The monoisotopic (exact) mass is 255 g/mol. The third kappa shape index (κ3) is 39.3. The average molecular weight is 256 g/mol. The molecule has 0 atom stereocenters. The van der Waals surface area contributed by atoms with E-state index in [2.05, 4.69) is 6.92 Å². The Morgan fingerprint density at radius 2 is 1.21 bits per heavy atom. The third-order valence-electron chi connectivity index (χ3n) is 1.51. The molecule has 0 aliphatic rings. The van der Waals surface area contributed by atoms with Crippen LogP contribution in [0.1, 0.15) is 45.4 Å². The van der Waals surface area contributed by atoms with Gasteiger partial charge in [0.1, 0.15) is 0 Å². The summed E-state index contributed by atoms with van der Waals surface area (Å²) in [5.41, 5.74) is 0. The van der Waals surface area contributed by atoms with Crippen LogP contribution in [0.5, 0.6) is 0 Å². The van der Waals surface area contributed by atoms with Gasteiger partial charge in [0.05, 0.1) is 0 Å². The summed E-state index contributed by atoms with van der Waals surface area (Å²) in [5.74, 6) is 0. The quantitative estimate of drug-likeness (QED) is 0.406. The second kappa shape index (κ2) is 19.1. The average Bonchev–Trinajstić information content (AvgIpc) is 2.03. The van der Waals surface area contributed by atoms with Crippen LogP contribution in [-0.2, 0) is 17.1 Å². The molecule has 0 amide bonds. The van der Waals surface area contributed by atoms with Crippen molar-refractivity contribution < 1.29 is 37.2 Å². The van der Waals surface area contributed by atoms with Gasteiger partial charge < -0.3 is 20.2 Å². The molecule has 0 aromatic heterocycles. The number of rotatable bonds is 6. The minimum Gasteiger partial charge on any atom is -0.402 e. The van der Waals surface area contributed by atoms with E-state index in [0.717, 1.165) is 6.42 Å². The summed E-state index contributed by atoms with van der Waals surface area (Å²) >= 11 is 0. The Morgan fingerprint density at radius 3 is 1.57 bits per heavy atom. The van der Waals surface area contributed by atoms with E-state index in [4.69, 9.17) is 20.2 Å². The van der Waals surface area contributed by atoms with Crippen molar-refractivity contribution in [2.45, 2.75) is 45.4 Å². The first kappa shape index (κ1) is 19.9. The zero-order chi connectivity index (χ0) is 10.5. The number of hydrogen-bond acceptors (Lipinski definition) is 4. The van der Waals surface area contributed by atoms with Crippen molar-refractivity contribution in [2.75, 3.05) is 6.61 Å². The molecule has 0 aliphatic heterocycles. The molecular weight excluding hydrogens is 234 g/mol. The van der Waals surface area contributed by atoms with Crippen LogP contribution in [0.15, 0.2) is 0 Å². The predicted octanol–water partition coefficient (Wildman–Crippen LogP) is 0.285. The van der Waals surface area contributed by atoms with E-state index in [1.807, 2.05) is 0 Å². The molecule has 0 aromatic carbocycles. The number of aliphatic hydroxyl groups excluding tert-OH is 1. The molecule has 0 aromatic rings. The predicted molar refractivity (Wildman–Crippen MR) is 52.9 cm³/mol. The van der Waals surface area contributed by atoms with Crippen LogP contribution in [0.4, 0.5) is 0 Å².